The molecule has 1 amide bonds. The second-order valence-electron chi connectivity index (χ2n) is 4.55. The Kier molecular flexibility index (Phi) is 4.62. The standard InChI is InChI=1S/C13H19N5O2/c1-3-9(19)5-6-14-12(20)10-7-15-13-16-8-17-18(13)11(10)4-2/h7-9,19H,3-6H2,1-2H3,(H,14,20). The number of carbonyl (C=O) groups is 1. The lowest BCUT2D eigenvalue weighted by Gasteiger charge is -2.11. The molecule has 7 nitrogen and oxygen atoms in total. The summed E-state index contributed by atoms with van der Waals surface area (Å²) >= 11 is 0. The van der Waals surface area contributed by atoms with Crippen LogP contribution < -0.4 is 5.32 Å². The maximum atomic E-state index is 12.2. The third kappa shape index (κ3) is 2.93. The molecule has 2 heterocycles. The molecule has 0 aromatic carbocycles. The number of fused-ring (bicyclic) bond motifs is 1. The first-order valence-electron chi connectivity index (χ1n) is 6.81. The fourth-order valence-electron chi connectivity index (χ4n) is 2.01. The Morgan fingerprint density at radius 3 is 2.95 bits per heavy atom. The first kappa shape index (κ1) is 14.4. The summed E-state index contributed by atoms with van der Waals surface area (Å²) in [5.41, 5.74) is 1.28. The predicted octanol–water partition coefficient (Wildman–Crippen LogP) is 0.578. The number of carbonyl (C=O) groups excluding carboxylic acids is 1. The minimum Gasteiger partial charge on any atom is -0.393 e. The number of amides is 1. The van der Waals surface area contributed by atoms with Crippen molar-refractivity contribution in [1.29, 1.82) is 0 Å². The number of aliphatic hydroxyl groups is 1. The molecule has 2 rings (SSSR count). The zero-order valence-corrected chi connectivity index (χ0v) is 11.7. The van der Waals surface area contributed by atoms with E-state index in [2.05, 4.69) is 20.4 Å². The third-order valence-corrected chi connectivity index (χ3v) is 3.22. The van der Waals surface area contributed by atoms with E-state index in [4.69, 9.17) is 0 Å². The average molecular weight is 277 g/mol. The van der Waals surface area contributed by atoms with Crippen molar-refractivity contribution in [2.45, 2.75) is 39.2 Å². The van der Waals surface area contributed by atoms with E-state index in [-0.39, 0.29) is 12.0 Å². The van der Waals surface area contributed by atoms with Crippen molar-refractivity contribution in [2.24, 2.45) is 0 Å². The predicted molar refractivity (Wildman–Crippen MR) is 73.4 cm³/mol. The van der Waals surface area contributed by atoms with Gasteiger partial charge >= 0.3 is 0 Å². The van der Waals surface area contributed by atoms with Crippen LogP contribution >= 0.6 is 0 Å². The number of aromatic nitrogens is 4. The summed E-state index contributed by atoms with van der Waals surface area (Å²) < 4.78 is 1.58. The van der Waals surface area contributed by atoms with Crippen LogP contribution in [0.25, 0.3) is 5.78 Å². The minimum atomic E-state index is -0.378. The van der Waals surface area contributed by atoms with Gasteiger partial charge in [0.05, 0.1) is 17.4 Å². The molecule has 0 radical (unpaired) electrons. The summed E-state index contributed by atoms with van der Waals surface area (Å²) in [6.07, 6.45) is 4.44. The molecule has 0 saturated heterocycles. The summed E-state index contributed by atoms with van der Waals surface area (Å²) in [6, 6.07) is 0. The van der Waals surface area contributed by atoms with Crippen LogP contribution in [0.2, 0.25) is 0 Å². The van der Waals surface area contributed by atoms with E-state index in [0.29, 0.717) is 37.1 Å². The summed E-state index contributed by atoms with van der Waals surface area (Å²) in [6.45, 7) is 4.30. The molecule has 108 valence electrons. The number of nitrogens with zero attached hydrogens (tertiary/aromatic N) is 4. The van der Waals surface area contributed by atoms with Crippen LogP contribution in [-0.2, 0) is 6.42 Å². The molecule has 2 aromatic rings. The lowest BCUT2D eigenvalue weighted by Crippen LogP contribution is -2.28. The van der Waals surface area contributed by atoms with Crippen LogP contribution in [0.5, 0.6) is 0 Å². The van der Waals surface area contributed by atoms with Gasteiger partial charge in [-0.05, 0) is 19.3 Å². The van der Waals surface area contributed by atoms with Gasteiger partial charge in [-0.1, -0.05) is 13.8 Å². The molecular formula is C13H19N5O2. The van der Waals surface area contributed by atoms with Crippen molar-refractivity contribution < 1.29 is 9.90 Å². The number of aryl methyl sites for hydroxylation is 1. The van der Waals surface area contributed by atoms with Gasteiger partial charge in [0.2, 0.25) is 0 Å². The molecule has 7 heteroatoms. The first-order chi connectivity index (χ1) is 9.67. The summed E-state index contributed by atoms with van der Waals surface area (Å²) in [7, 11) is 0. The van der Waals surface area contributed by atoms with Crippen LogP contribution in [0.4, 0.5) is 0 Å². The number of rotatable bonds is 6. The van der Waals surface area contributed by atoms with Crippen LogP contribution in [0.15, 0.2) is 12.5 Å². The van der Waals surface area contributed by atoms with Gasteiger partial charge in [-0.25, -0.2) is 9.50 Å². The highest BCUT2D eigenvalue weighted by atomic mass is 16.3. The van der Waals surface area contributed by atoms with E-state index in [1.165, 1.54) is 12.5 Å². The molecule has 1 atom stereocenters. The van der Waals surface area contributed by atoms with Crippen LogP contribution in [0.1, 0.15) is 42.7 Å². The normalized spacial score (nSPS) is 12.6. The Morgan fingerprint density at radius 2 is 2.25 bits per heavy atom. The number of nitrogens with one attached hydrogen (secondary N) is 1. The van der Waals surface area contributed by atoms with Gasteiger partial charge in [0.25, 0.3) is 11.7 Å². The van der Waals surface area contributed by atoms with Crippen molar-refractivity contribution >= 4 is 11.7 Å². The van der Waals surface area contributed by atoms with Crippen molar-refractivity contribution in [2.75, 3.05) is 6.54 Å². The van der Waals surface area contributed by atoms with Gasteiger partial charge in [0.1, 0.15) is 6.33 Å². The van der Waals surface area contributed by atoms with Crippen LogP contribution in [0.3, 0.4) is 0 Å². The lowest BCUT2D eigenvalue weighted by molar-refractivity contribution is 0.0940. The highest BCUT2D eigenvalue weighted by Crippen LogP contribution is 2.09. The molecule has 0 aliphatic heterocycles. The zero-order chi connectivity index (χ0) is 14.5. The number of hydrogen-bond acceptors (Lipinski definition) is 5. The molecule has 0 spiro atoms. The largest absolute Gasteiger partial charge is 0.393 e. The molecular weight excluding hydrogens is 258 g/mol. The van der Waals surface area contributed by atoms with E-state index < -0.39 is 0 Å². The second kappa shape index (κ2) is 6.42. The summed E-state index contributed by atoms with van der Waals surface area (Å²) in [4.78, 5) is 20.3. The van der Waals surface area contributed by atoms with Gasteiger partial charge in [-0.2, -0.15) is 10.1 Å². The number of aliphatic hydroxyl groups excluding tert-OH is 1. The average Bonchev–Trinajstić information content (AvgIpc) is 2.94. The van der Waals surface area contributed by atoms with Crippen LogP contribution in [0, 0.1) is 0 Å². The van der Waals surface area contributed by atoms with E-state index >= 15 is 0 Å². The summed E-state index contributed by atoms with van der Waals surface area (Å²) in [5.74, 6) is 0.287. The third-order valence-electron chi connectivity index (χ3n) is 3.22. The SMILES string of the molecule is CCc1c(C(=O)NCCC(O)CC)cnc2ncnn12. The second-order valence-corrected chi connectivity index (χ2v) is 4.55. The van der Waals surface area contributed by atoms with Gasteiger partial charge < -0.3 is 10.4 Å². The van der Waals surface area contributed by atoms with E-state index in [1.54, 1.807) is 4.52 Å². The molecule has 0 saturated carbocycles. The highest BCUT2D eigenvalue weighted by molar-refractivity contribution is 5.95. The van der Waals surface area contributed by atoms with E-state index in [1.807, 2.05) is 13.8 Å². The Bertz CT molecular complexity index is 595. The van der Waals surface area contributed by atoms with Gasteiger partial charge in [-0.3, -0.25) is 4.79 Å². The Hall–Kier alpha value is -2.02. The molecule has 1 unspecified atom stereocenters. The van der Waals surface area contributed by atoms with Crippen molar-refractivity contribution in [1.82, 2.24) is 24.9 Å². The van der Waals surface area contributed by atoms with Crippen LogP contribution in [-0.4, -0.2) is 43.2 Å². The zero-order valence-electron chi connectivity index (χ0n) is 11.7. The first-order valence-corrected chi connectivity index (χ1v) is 6.81. The smallest absolute Gasteiger partial charge is 0.254 e. The molecule has 2 N–H and O–H groups in total. The Balaban J connectivity index is 2.13. The fourth-order valence-corrected chi connectivity index (χ4v) is 2.01. The molecule has 0 aliphatic carbocycles. The van der Waals surface area contributed by atoms with Crippen molar-refractivity contribution in [3.63, 3.8) is 0 Å². The fraction of sp³-hybridized carbons (Fsp3) is 0.538. The van der Waals surface area contributed by atoms with E-state index in [9.17, 15) is 9.90 Å². The molecule has 20 heavy (non-hydrogen) atoms. The quantitative estimate of drug-likeness (QED) is 0.805. The maximum absolute atomic E-state index is 12.2. The highest BCUT2D eigenvalue weighted by Gasteiger charge is 2.15. The Labute approximate surface area is 117 Å². The maximum Gasteiger partial charge on any atom is 0.254 e. The topological polar surface area (TPSA) is 92.4 Å². The lowest BCUT2D eigenvalue weighted by atomic mass is 10.1. The van der Waals surface area contributed by atoms with Gasteiger partial charge in [0, 0.05) is 12.7 Å². The minimum absolute atomic E-state index is 0.199. The molecule has 2 aromatic heterocycles. The molecule has 0 fully saturated rings. The number of hydrogen-bond donors (Lipinski definition) is 2. The van der Waals surface area contributed by atoms with E-state index in [0.717, 1.165) is 5.69 Å². The molecule has 0 bridgehead atoms. The van der Waals surface area contributed by atoms with Gasteiger partial charge in [-0.15, -0.1) is 0 Å². The van der Waals surface area contributed by atoms with Crippen molar-refractivity contribution in [3.05, 3.63) is 23.8 Å². The molecule has 0 aliphatic rings. The Morgan fingerprint density at radius 1 is 1.45 bits per heavy atom. The van der Waals surface area contributed by atoms with Crippen molar-refractivity contribution in [3.8, 4) is 0 Å². The summed E-state index contributed by atoms with van der Waals surface area (Å²) in [5, 5.41) is 16.3. The monoisotopic (exact) mass is 277 g/mol. The van der Waals surface area contributed by atoms with Gasteiger partial charge in [0.15, 0.2) is 0 Å².